The Hall–Kier alpha value is -1.68. The van der Waals surface area contributed by atoms with Crippen LogP contribution >= 0.6 is 11.6 Å². The fraction of sp³-hybridized carbons (Fsp3) is 0.455. The summed E-state index contributed by atoms with van der Waals surface area (Å²) in [5.74, 6) is 2.41. The number of nitrogens with one attached hydrogen (secondary N) is 1. The number of alkyl halides is 3. The van der Waals surface area contributed by atoms with Gasteiger partial charge >= 0.3 is 6.18 Å². The van der Waals surface area contributed by atoms with Crippen molar-refractivity contribution in [2.45, 2.75) is 32.1 Å². The standard InChI is InChI=1S/C11H11ClF3N3O/c1-3-7(4-2)17-8-5-16-18(6-11(13,14)15)10(19)9(8)12/h1,5,7,17H,4,6H2,2H3. The van der Waals surface area contributed by atoms with Gasteiger partial charge < -0.3 is 5.32 Å². The Morgan fingerprint density at radius 1 is 1.63 bits per heavy atom. The first-order valence-corrected chi connectivity index (χ1v) is 5.71. The van der Waals surface area contributed by atoms with Crippen LogP contribution in [-0.2, 0) is 6.54 Å². The van der Waals surface area contributed by atoms with Gasteiger partial charge in [-0.2, -0.15) is 18.3 Å². The van der Waals surface area contributed by atoms with Crippen molar-refractivity contribution in [3.63, 3.8) is 0 Å². The number of anilines is 1. The Kier molecular flexibility index (Phi) is 4.84. The Labute approximate surface area is 112 Å². The highest BCUT2D eigenvalue weighted by Gasteiger charge is 2.29. The topological polar surface area (TPSA) is 46.9 Å². The van der Waals surface area contributed by atoms with Crippen molar-refractivity contribution in [1.29, 1.82) is 0 Å². The molecule has 0 aliphatic carbocycles. The van der Waals surface area contributed by atoms with E-state index in [1.807, 2.05) is 6.92 Å². The summed E-state index contributed by atoms with van der Waals surface area (Å²) in [5.41, 5.74) is -0.897. The number of hydrogen-bond acceptors (Lipinski definition) is 3. The second kappa shape index (κ2) is 5.97. The lowest BCUT2D eigenvalue weighted by atomic mass is 10.2. The van der Waals surface area contributed by atoms with Crippen molar-refractivity contribution in [3.05, 3.63) is 21.6 Å². The van der Waals surface area contributed by atoms with Gasteiger partial charge in [-0.15, -0.1) is 6.42 Å². The molecule has 0 aromatic carbocycles. The summed E-state index contributed by atoms with van der Waals surface area (Å²) in [4.78, 5) is 11.6. The maximum atomic E-state index is 12.2. The zero-order chi connectivity index (χ0) is 14.6. The lowest BCUT2D eigenvalue weighted by Crippen LogP contribution is -2.31. The third kappa shape index (κ3) is 4.17. The van der Waals surface area contributed by atoms with Crippen LogP contribution in [-0.4, -0.2) is 22.0 Å². The van der Waals surface area contributed by atoms with Crippen molar-refractivity contribution >= 4 is 17.3 Å². The predicted molar refractivity (Wildman–Crippen MR) is 66.1 cm³/mol. The van der Waals surface area contributed by atoms with Crippen molar-refractivity contribution in [3.8, 4) is 12.3 Å². The molecule has 1 aromatic heterocycles. The maximum absolute atomic E-state index is 12.2. The van der Waals surface area contributed by atoms with Gasteiger partial charge in [-0.25, -0.2) is 4.68 Å². The first-order chi connectivity index (χ1) is 8.78. The smallest absolute Gasteiger partial charge is 0.369 e. The molecule has 19 heavy (non-hydrogen) atoms. The zero-order valence-corrected chi connectivity index (χ0v) is 10.7. The molecule has 0 saturated carbocycles. The number of nitrogens with zero attached hydrogens (tertiary/aromatic N) is 2. The molecule has 0 fully saturated rings. The largest absolute Gasteiger partial charge is 0.408 e. The SMILES string of the molecule is C#CC(CC)Nc1cnn(CC(F)(F)F)c(=O)c1Cl. The van der Waals surface area contributed by atoms with Gasteiger partial charge in [-0.05, 0) is 6.42 Å². The van der Waals surface area contributed by atoms with E-state index in [1.165, 1.54) is 0 Å². The number of rotatable bonds is 4. The third-order valence-corrected chi connectivity index (χ3v) is 2.62. The molecule has 0 saturated heterocycles. The van der Waals surface area contributed by atoms with Gasteiger partial charge in [0.05, 0.1) is 17.9 Å². The highest BCUT2D eigenvalue weighted by atomic mass is 35.5. The van der Waals surface area contributed by atoms with E-state index >= 15 is 0 Å². The normalized spacial score (nSPS) is 12.8. The third-order valence-electron chi connectivity index (χ3n) is 2.25. The molecular weight excluding hydrogens is 283 g/mol. The number of halogens is 4. The summed E-state index contributed by atoms with van der Waals surface area (Å²) in [5, 5.41) is 5.80. The van der Waals surface area contributed by atoms with Crippen LogP contribution in [0.1, 0.15) is 13.3 Å². The first-order valence-electron chi connectivity index (χ1n) is 5.33. The predicted octanol–water partition coefficient (Wildman–Crippen LogP) is 2.28. The molecular formula is C11H11ClF3N3O. The van der Waals surface area contributed by atoms with Gasteiger partial charge in [0.1, 0.15) is 11.6 Å². The Morgan fingerprint density at radius 3 is 2.74 bits per heavy atom. The summed E-state index contributed by atoms with van der Waals surface area (Å²) in [6.45, 7) is 0.321. The summed E-state index contributed by atoms with van der Waals surface area (Å²) < 4.78 is 36.8. The fourth-order valence-electron chi connectivity index (χ4n) is 1.30. The fourth-order valence-corrected chi connectivity index (χ4v) is 1.50. The quantitative estimate of drug-likeness (QED) is 0.867. The van der Waals surface area contributed by atoms with Crippen LogP contribution in [0, 0.1) is 12.3 Å². The van der Waals surface area contributed by atoms with Crippen LogP contribution < -0.4 is 10.9 Å². The van der Waals surface area contributed by atoms with Gasteiger partial charge in [-0.3, -0.25) is 4.79 Å². The molecule has 104 valence electrons. The summed E-state index contributed by atoms with van der Waals surface area (Å²) in [6, 6.07) is -0.378. The second-order valence-electron chi connectivity index (χ2n) is 3.72. The molecule has 1 aromatic rings. The van der Waals surface area contributed by atoms with Crippen molar-refractivity contribution < 1.29 is 13.2 Å². The molecule has 1 atom stereocenters. The number of terminal acetylenes is 1. The first kappa shape index (κ1) is 15.4. The average molecular weight is 294 g/mol. The Bertz CT molecular complexity index is 548. The molecule has 0 aliphatic heterocycles. The minimum atomic E-state index is -4.54. The van der Waals surface area contributed by atoms with Crippen LogP contribution in [0.5, 0.6) is 0 Å². The molecule has 1 heterocycles. The minimum Gasteiger partial charge on any atom is -0.369 e. The highest BCUT2D eigenvalue weighted by Crippen LogP contribution is 2.19. The highest BCUT2D eigenvalue weighted by molar-refractivity contribution is 6.32. The van der Waals surface area contributed by atoms with E-state index in [2.05, 4.69) is 16.3 Å². The molecule has 0 amide bonds. The van der Waals surface area contributed by atoms with Gasteiger partial charge in [0, 0.05) is 0 Å². The number of hydrogen-bond donors (Lipinski definition) is 1. The van der Waals surface area contributed by atoms with Crippen LogP contribution in [0.2, 0.25) is 5.02 Å². The van der Waals surface area contributed by atoms with Crippen LogP contribution in [0.3, 0.4) is 0 Å². The van der Waals surface area contributed by atoms with Crippen molar-refractivity contribution in [2.24, 2.45) is 0 Å². The lowest BCUT2D eigenvalue weighted by Gasteiger charge is -2.14. The van der Waals surface area contributed by atoms with E-state index in [0.717, 1.165) is 6.20 Å². The summed E-state index contributed by atoms with van der Waals surface area (Å²) >= 11 is 5.71. The second-order valence-corrected chi connectivity index (χ2v) is 4.10. The van der Waals surface area contributed by atoms with Crippen LogP contribution in [0.25, 0.3) is 0 Å². The van der Waals surface area contributed by atoms with E-state index < -0.39 is 18.3 Å². The van der Waals surface area contributed by atoms with Crippen LogP contribution in [0.4, 0.5) is 18.9 Å². The monoisotopic (exact) mass is 293 g/mol. The lowest BCUT2D eigenvalue weighted by molar-refractivity contribution is -0.143. The van der Waals surface area contributed by atoms with Crippen LogP contribution in [0.15, 0.2) is 11.0 Å². The van der Waals surface area contributed by atoms with Gasteiger partial charge in [0.25, 0.3) is 5.56 Å². The maximum Gasteiger partial charge on any atom is 0.408 e. The van der Waals surface area contributed by atoms with Gasteiger partial charge in [-0.1, -0.05) is 24.4 Å². The molecule has 4 nitrogen and oxygen atoms in total. The Morgan fingerprint density at radius 2 is 2.26 bits per heavy atom. The van der Waals surface area contributed by atoms with Gasteiger partial charge in [0.2, 0.25) is 0 Å². The average Bonchev–Trinajstić information content (AvgIpc) is 2.33. The molecule has 0 bridgehead atoms. The molecule has 8 heteroatoms. The molecule has 0 spiro atoms. The van der Waals surface area contributed by atoms with Crippen molar-refractivity contribution in [2.75, 3.05) is 5.32 Å². The van der Waals surface area contributed by atoms with E-state index in [0.29, 0.717) is 6.42 Å². The van der Waals surface area contributed by atoms with Crippen molar-refractivity contribution in [1.82, 2.24) is 9.78 Å². The van der Waals surface area contributed by atoms with E-state index in [9.17, 15) is 18.0 Å². The molecule has 1 rings (SSSR count). The van der Waals surface area contributed by atoms with E-state index in [-0.39, 0.29) is 21.4 Å². The summed E-state index contributed by atoms with van der Waals surface area (Å²) in [7, 11) is 0. The molecule has 1 unspecified atom stereocenters. The minimum absolute atomic E-state index is 0.120. The molecule has 1 N–H and O–H groups in total. The molecule has 0 aliphatic rings. The van der Waals surface area contributed by atoms with Gasteiger partial charge in [0.15, 0.2) is 0 Å². The molecule has 0 radical (unpaired) electrons. The summed E-state index contributed by atoms with van der Waals surface area (Å²) in [6.07, 6.45) is 2.30. The number of aromatic nitrogens is 2. The van der Waals surface area contributed by atoms with E-state index in [4.69, 9.17) is 18.0 Å². The Balaban J connectivity index is 3.05. The van der Waals surface area contributed by atoms with E-state index in [1.54, 1.807) is 0 Å². The zero-order valence-electron chi connectivity index (χ0n) is 9.96.